The number of furan rings is 1. The van der Waals surface area contributed by atoms with Gasteiger partial charge in [0.1, 0.15) is 11.5 Å². The number of urea groups is 1. The molecule has 1 saturated heterocycles. The largest absolute Gasteiger partial charge is 0.467 e. The molecule has 158 valence electrons. The van der Waals surface area contributed by atoms with Gasteiger partial charge in [0.05, 0.1) is 24.5 Å². The van der Waals surface area contributed by atoms with Crippen molar-refractivity contribution >= 4 is 17.6 Å². The highest BCUT2D eigenvalue weighted by Crippen LogP contribution is 2.45. The number of benzene rings is 2. The fraction of sp³-hybridized carbons (Fsp3) is 0.250. The predicted molar refractivity (Wildman–Crippen MR) is 115 cm³/mol. The fourth-order valence-corrected chi connectivity index (χ4v) is 4.35. The molecule has 2 aromatic carbocycles. The smallest absolute Gasteiger partial charge is 0.325 e. The van der Waals surface area contributed by atoms with Crippen molar-refractivity contribution in [1.82, 2.24) is 10.6 Å². The molecule has 2 N–H and O–H groups in total. The van der Waals surface area contributed by atoms with Crippen LogP contribution in [0.15, 0.2) is 65.3 Å². The van der Waals surface area contributed by atoms with Gasteiger partial charge in [-0.1, -0.05) is 23.8 Å². The molecule has 1 fully saturated rings. The SMILES string of the molecule is Cc1ccc2c(c1)[C@H]1C[C@@](C)(O2)N(c2cccc(C(=O)NCc3ccco3)c2)C(=O)N1. The summed E-state index contributed by atoms with van der Waals surface area (Å²) in [6.07, 6.45) is 2.17. The summed E-state index contributed by atoms with van der Waals surface area (Å²) < 4.78 is 11.6. The van der Waals surface area contributed by atoms with E-state index in [0.29, 0.717) is 30.0 Å². The van der Waals surface area contributed by atoms with Gasteiger partial charge in [0, 0.05) is 17.5 Å². The summed E-state index contributed by atoms with van der Waals surface area (Å²) in [5.74, 6) is 1.19. The Bertz CT molecular complexity index is 1160. The van der Waals surface area contributed by atoms with Crippen LogP contribution in [-0.2, 0) is 6.54 Å². The van der Waals surface area contributed by atoms with Crippen LogP contribution in [0.2, 0.25) is 0 Å². The molecule has 3 amide bonds. The maximum absolute atomic E-state index is 13.1. The quantitative estimate of drug-likeness (QED) is 0.663. The van der Waals surface area contributed by atoms with Crippen molar-refractivity contribution in [1.29, 1.82) is 0 Å². The first-order valence-electron chi connectivity index (χ1n) is 10.2. The highest BCUT2D eigenvalue weighted by Gasteiger charge is 2.49. The van der Waals surface area contributed by atoms with Crippen molar-refractivity contribution < 1.29 is 18.7 Å². The van der Waals surface area contributed by atoms with Crippen LogP contribution in [0, 0.1) is 6.92 Å². The van der Waals surface area contributed by atoms with E-state index in [4.69, 9.17) is 9.15 Å². The first-order chi connectivity index (χ1) is 14.9. The summed E-state index contributed by atoms with van der Waals surface area (Å²) in [6, 6.07) is 16.2. The van der Waals surface area contributed by atoms with Gasteiger partial charge in [-0.2, -0.15) is 0 Å². The van der Waals surface area contributed by atoms with Crippen LogP contribution in [0.1, 0.15) is 46.6 Å². The number of hydrogen-bond donors (Lipinski definition) is 2. The van der Waals surface area contributed by atoms with Gasteiger partial charge < -0.3 is 19.8 Å². The third kappa shape index (κ3) is 3.42. The Kier molecular flexibility index (Phi) is 4.46. The van der Waals surface area contributed by atoms with Crippen molar-refractivity contribution in [3.05, 3.63) is 83.3 Å². The minimum absolute atomic E-state index is 0.114. The van der Waals surface area contributed by atoms with E-state index in [-0.39, 0.29) is 18.0 Å². The Morgan fingerprint density at radius 3 is 2.90 bits per heavy atom. The molecule has 0 aliphatic carbocycles. The van der Waals surface area contributed by atoms with Crippen molar-refractivity contribution in [2.24, 2.45) is 0 Å². The zero-order valence-corrected chi connectivity index (χ0v) is 17.3. The van der Waals surface area contributed by atoms with Crippen molar-refractivity contribution in [2.75, 3.05) is 4.90 Å². The molecule has 1 aromatic heterocycles. The minimum Gasteiger partial charge on any atom is -0.467 e. The molecule has 7 heteroatoms. The Labute approximate surface area is 180 Å². The van der Waals surface area contributed by atoms with Gasteiger partial charge in [-0.15, -0.1) is 0 Å². The average molecular weight is 417 g/mol. The summed E-state index contributed by atoms with van der Waals surface area (Å²) >= 11 is 0. The van der Waals surface area contributed by atoms with Gasteiger partial charge >= 0.3 is 6.03 Å². The maximum atomic E-state index is 13.1. The van der Waals surface area contributed by atoms with E-state index in [2.05, 4.69) is 16.7 Å². The van der Waals surface area contributed by atoms with Gasteiger partial charge in [0.2, 0.25) is 0 Å². The third-order valence-corrected chi connectivity index (χ3v) is 5.80. The number of carbonyl (C=O) groups is 2. The lowest BCUT2D eigenvalue weighted by atomic mass is 9.89. The molecule has 0 saturated carbocycles. The topological polar surface area (TPSA) is 83.8 Å². The molecule has 2 aliphatic rings. The molecular weight excluding hydrogens is 394 g/mol. The molecule has 0 spiro atoms. The average Bonchev–Trinajstić information content (AvgIpc) is 3.26. The molecule has 2 aliphatic heterocycles. The third-order valence-electron chi connectivity index (χ3n) is 5.80. The molecule has 3 heterocycles. The molecule has 3 aromatic rings. The first-order valence-corrected chi connectivity index (χ1v) is 10.2. The Hall–Kier alpha value is -3.74. The van der Waals surface area contributed by atoms with Crippen molar-refractivity contribution in [3.8, 4) is 5.75 Å². The second-order valence-electron chi connectivity index (χ2n) is 8.17. The standard InChI is InChI=1S/C24H23N3O4/c1-15-8-9-21-19(11-15)20-13-24(2,31-21)27(23(29)26-20)17-6-3-5-16(12-17)22(28)25-14-18-7-4-10-30-18/h3-12,20H,13-14H2,1-2H3,(H,25,28)(H,26,29)/t20-,24-/m1/s1. The van der Waals surface area contributed by atoms with Crippen molar-refractivity contribution in [3.63, 3.8) is 0 Å². The lowest BCUT2D eigenvalue weighted by Crippen LogP contribution is -2.65. The minimum atomic E-state index is -0.863. The number of hydrogen-bond acceptors (Lipinski definition) is 4. The van der Waals surface area contributed by atoms with E-state index in [0.717, 1.165) is 16.9 Å². The highest BCUT2D eigenvalue weighted by molar-refractivity contribution is 5.98. The van der Waals surface area contributed by atoms with Gasteiger partial charge in [-0.25, -0.2) is 4.79 Å². The van der Waals surface area contributed by atoms with Crippen LogP contribution < -0.4 is 20.3 Å². The van der Waals surface area contributed by atoms with Crippen LogP contribution in [0.5, 0.6) is 5.75 Å². The molecular formula is C24H23N3O4. The lowest BCUT2D eigenvalue weighted by molar-refractivity contribution is 0.0378. The monoisotopic (exact) mass is 417 g/mol. The molecule has 5 rings (SSSR count). The molecule has 0 radical (unpaired) electrons. The fourth-order valence-electron chi connectivity index (χ4n) is 4.35. The molecule has 2 bridgehead atoms. The number of anilines is 1. The summed E-state index contributed by atoms with van der Waals surface area (Å²) in [5, 5.41) is 5.92. The second kappa shape index (κ2) is 7.19. The number of fused-ring (bicyclic) bond motifs is 4. The Morgan fingerprint density at radius 1 is 1.23 bits per heavy atom. The van der Waals surface area contributed by atoms with E-state index in [1.165, 1.54) is 0 Å². The lowest BCUT2D eigenvalue weighted by Gasteiger charge is -2.50. The summed E-state index contributed by atoms with van der Waals surface area (Å²) in [6.45, 7) is 4.22. The zero-order valence-electron chi connectivity index (χ0n) is 17.3. The number of rotatable bonds is 4. The maximum Gasteiger partial charge on any atom is 0.325 e. The highest BCUT2D eigenvalue weighted by atomic mass is 16.5. The molecule has 7 nitrogen and oxygen atoms in total. The Morgan fingerprint density at radius 2 is 2.10 bits per heavy atom. The summed E-state index contributed by atoms with van der Waals surface area (Å²) in [4.78, 5) is 27.3. The number of carbonyl (C=O) groups excluding carboxylic acids is 2. The molecule has 0 unspecified atom stereocenters. The second-order valence-corrected chi connectivity index (χ2v) is 8.17. The van der Waals surface area contributed by atoms with Gasteiger partial charge in [-0.3, -0.25) is 9.69 Å². The Balaban J connectivity index is 1.42. The van der Waals surface area contributed by atoms with E-state index < -0.39 is 5.72 Å². The van der Waals surface area contributed by atoms with Crippen LogP contribution in [-0.4, -0.2) is 17.7 Å². The van der Waals surface area contributed by atoms with E-state index in [1.54, 1.807) is 41.5 Å². The normalized spacial score (nSPS) is 21.7. The van der Waals surface area contributed by atoms with Gasteiger partial charge in [-0.05, 0) is 50.2 Å². The summed E-state index contributed by atoms with van der Waals surface area (Å²) in [7, 11) is 0. The number of aryl methyl sites for hydroxylation is 1. The predicted octanol–water partition coefficient (Wildman–Crippen LogP) is 4.29. The van der Waals surface area contributed by atoms with Crippen LogP contribution >= 0.6 is 0 Å². The number of nitrogens with one attached hydrogen (secondary N) is 2. The van der Waals surface area contributed by atoms with Crippen molar-refractivity contribution in [2.45, 2.75) is 38.6 Å². The number of nitrogens with zero attached hydrogens (tertiary/aromatic N) is 1. The van der Waals surface area contributed by atoms with E-state index in [9.17, 15) is 9.59 Å². The number of amides is 3. The van der Waals surface area contributed by atoms with E-state index in [1.807, 2.05) is 32.0 Å². The van der Waals surface area contributed by atoms with Crippen LogP contribution in [0.3, 0.4) is 0 Å². The van der Waals surface area contributed by atoms with Gasteiger partial charge in [0.25, 0.3) is 5.91 Å². The van der Waals surface area contributed by atoms with Crippen LogP contribution in [0.25, 0.3) is 0 Å². The van der Waals surface area contributed by atoms with Gasteiger partial charge in [0.15, 0.2) is 5.72 Å². The molecule has 2 atom stereocenters. The first kappa shape index (κ1) is 19.2. The van der Waals surface area contributed by atoms with Crippen LogP contribution in [0.4, 0.5) is 10.5 Å². The number of ether oxygens (including phenoxy) is 1. The molecule has 31 heavy (non-hydrogen) atoms. The summed E-state index contributed by atoms with van der Waals surface area (Å²) in [5.41, 5.74) is 2.31. The zero-order chi connectivity index (χ0) is 21.6. The van der Waals surface area contributed by atoms with E-state index >= 15 is 0 Å².